The predicted molar refractivity (Wildman–Crippen MR) is 80.9 cm³/mol. The van der Waals surface area contributed by atoms with Crippen molar-refractivity contribution in [1.29, 1.82) is 0 Å². The quantitative estimate of drug-likeness (QED) is 0.762. The Morgan fingerprint density at radius 3 is 3.00 bits per heavy atom. The second-order valence-corrected chi connectivity index (χ2v) is 6.38. The topological polar surface area (TPSA) is 61.7 Å². The molecule has 1 fully saturated rings. The van der Waals surface area contributed by atoms with E-state index in [4.69, 9.17) is 0 Å². The van der Waals surface area contributed by atoms with Crippen LogP contribution in [0.4, 0.5) is 0 Å². The number of aromatic nitrogens is 2. The molecule has 7 heteroatoms. The van der Waals surface area contributed by atoms with Crippen LogP contribution in [0, 0.1) is 5.92 Å². The number of hydrogen-bond donors (Lipinski definition) is 0. The zero-order valence-electron chi connectivity index (χ0n) is 13.2. The zero-order valence-corrected chi connectivity index (χ0v) is 13.2. The van der Waals surface area contributed by atoms with E-state index in [0.29, 0.717) is 32.6 Å². The van der Waals surface area contributed by atoms with Crippen LogP contribution in [0.2, 0.25) is 0 Å². The molecule has 7 nitrogen and oxygen atoms in total. The average molecular weight is 305 g/mol. The number of likely N-dealkylation sites (N-methyl/N-ethyl adjacent to an activating group) is 1. The summed E-state index contributed by atoms with van der Waals surface area (Å²) in [6.45, 7) is 4.16. The Morgan fingerprint density at radius 1 is 1.41 bits per heavy atom. The van der Waals surface area contributed by atoms with E-state index in [9.17, 15) is 9.59 Å². The molecule has 0 spiro atoms. The molecule has 0 saturated carbocycles. The van der Waals surface area contributed by atoms with Crippen LogP contribution >= 0.6 is 0 Å². The second kappa shape index (κ2) is 6.08. The number of carbonyl (C=O) groups is 2. The SMILES string of the molecule is CN(C)CCN1CC(C(=O)N2CCn3cncc3C2)CC1=O. The molecule has 120 valence electrons. The Morgan fingerprint density at radius 2 is 2.23 bits per heavy atom. The molecule has 2 aliphatic heterocycles. The maximum atomic E-state index is 12.7. The van der Waals surface area contributed by atoms with E-state index in [1.54, 1.807) is 6.33 Å². The Hall–Kier alpha value is -1.89. The first-order valence-corrected chi connectivity index (χ1v) is 7.75. The summed E-state index contributed by atoms with van der Waals surface area (Å²) in [4.78, 5) is 34.6. The normalized spacial score (nSPS) is 21.6. The fraction of sp³-hybridized carbons (Fsp3) is 0.667. The van der Waals surface area contributed by atoms with Gasteiger partial charge >= 0.3 is 0 Å². The lowest BCUT2D eigenvalue weighted by molar-refractivity contribution is -0.137. The van der Waals surface area contributed by atoms with E-state index in [2.05, 4.69) is 9.55 Å². The molecular weight excluding hydrogens is 282 g/mol. The summed E-state index contributed by atoms with van der Waals surface area (Å²) < 4.78 is 2.08. The smallest absolute Gasteiger partial charge is 0.228 e. The summed E-state index contributed by atoms with van der Waals surface area (Å²) in [7, 11) is 3.97. The third-order valence-corrected chi connectivity index (χ3v) is 4.45. The van der Waals surface area contributed by atoms with Crippen molar-refractivity contribution >= 4 is 11.8 Å². The van der Waals surface area contributed by atoms with Gasteiger partial charge < -0.3 is 19.3 Å². The van der Waals surface area contributed by atoms with Crippen molar-refractivity contribution in [3.8, 4) is 0 Å². The van der Waals surface area contributed by atoms with Crippen molar-refractivity contribution in [3.05, 3.63) is 18.2 Å². The van der Waals surface area contributed by atoms with Gasteiger partial charge in [-0.25, -0.2) is 4.98 Å². The van der Waals surface area contributed by atoms with Gasteiger partial charge in [0.15, 0.2) is 0 Å². The fourth-order valence-corrected chi connectivity index (χ4v) is 3.10. The molecule has 0 radical (unpaired) electrons. The zero-order chi connectivity index (χ0) is 15.7. The minimum absolute atomic E-state index is 0.0993. The van der Waals surface area contributed by atoms with Crippen molar-refractivity contribution in [2.45, 2.75) is 19.5 Å². The molecule has 0 bridgehead atoms. The molecule has 1 saturated heterocycles. The van der Waals surface area contributed by atoms with Crippen molar-refractivity contribution in [2.24, 2.45) is 5.92 Å². The maximum absolute atomic E-state index is 12.7. The number of rotatable bonds is 4. The monoisotopic (exact) mass is 305 g/mol. The van der Waals surface area contributed by atoms with Crippen LogP contribution in [0.1, 0.15) is 12.1 Å². The van der Waals surface area contributed by atoms with Gasteiger partial charge in [-0.05, 0) is 14.1 Å². The lowest BCUT2D eigenvalue weighted by atomic mass is 10.1. The first-order chi connectivity index (χ1) is 10.5. The molecule has 2 amide bonds. The number of likely N-dealkylation sites (tertiary alicyclic amines) is 1. The Kier molecular flexibility index (Phi) is 4.15. The van der Waals surface area contributed by atoms with E-state index in [0.717, 1.165) is 18.8 Å². The van der Waals surface area contributed by atoms with Crippen LogP contribution in [-0.4, -0.2) is 76.3 Å². The molecule has 3 heterocycles. The van der Waals surface area contributed by atoms with Crippen LogP contribution < -0.4 is 0 Å². The highest BCUT2D eigenvalue weighted by atomic mass is 16.2. The minimum atomic E-state index is -0.191. The average Bonchev–Trinajstić information content (AvgIpc) is 3.09. The van der Waals surface area contributed by atoms with E-state index >= 15 is 0 Å². The van der Waals surface area contributed by atoms with Gasteiger partial charge in [-0.2, -0.15) is 0 Å². The highest BCUT2D eigenvalue weighted by Gasteiger charge is 2.37. The van der Waals surface area contributed by atoms with Gasteiger partial charge in [-0.15, -0.1) is 0 Å². The third kappa shape index (κ3) is 2.99. The maximum Gasteiger partial charge on any atom is 0.228 e. The standard InChI is InChI=1S/C15H23N5O2/c1-17(2)3-4-18-9-12(7-14(18)21)15(22)19-5-6-20-11-16-8-13(20)10-19/h8,11-12H,3-7,9-10H2,1-2H3. The molecule has 22 heavy (non-hydrogen) atoms. The number of carbonyl (C=O) groups excluding carboxylic acids is 2. The number of nitrogens with zero attached hydrogens (tertiary/aromatic N) is 5. The van der Waals surface area contributed by atoms with Gasteiger partial charge in [0.05, 0.1) is 24.5 Å². The first kappa shape index (κ1) is 15.0. The Bertz CT molecular complexity index is 568. The van der Waals surface area contributed by atoms with Crippen LogP contribution in [0.5, 0.6) is 0 Å². The van der Waals surface area contributed by atoms with Crippen LogP contribution in [0.3, 0.4) is 0 Å². The predicted octanol–water partition coefficient (Wildman–Crippen LogP) is -0.365. The molecular formula is C15H23N5O2. The van der Waals surface area contributed by atoms with Crippen molar-refractivity contribution in [2.75, 3.05) is 40.3 Å². The molecule has 2 aliphatic rings. The van der Waals surface area contributed by atoms with E-state index in [1.807, 2.05) is 35.0 Å². The number of fused-ring (bicyclic) bond motifs is 1. The summed E-state index contributed by atoms with van der Waals surface area (Å²) in [5, 5.41) is 0. The Balaban J connectivity index is 1.58. The van der Waals surface area contributed by atoms with E-state index < -0.39 is 0 Å². The molecule has 1 aromatic rings. The van der Waals surface area contributed by atoms with Crippen molar-refractivity contribution in [3.63, 3.8) is 0 Å². The molecule has 1 unspecified atom stereocenters. The van der Waals surface area contributed by atoms with E-state index in [-0.39, 0.29) is 17.7 Å². The number of hydrogen-bond acceptors (Lipinski definition) is 4. The van der Waals surface area contributed by atoms with Crippen molar-refractivity contribution < 1.29 is 9.59 Å². The minimum Gasteiger partial charge on any atom is -0.341 e. The highest BCUT2D eigenvalue weighted by Crippen LogP contribution is 2.22. The first-order valence-electron chi connectivity index (χ1n) is 7.75. The number of amides is 2. The van der Waals surface area contributed by atoms with Crippen LogP contribution in [0.15, 0.2) is 12.5 Å². The molecule has 3 rings (SSSR count). The Labute approximate surface area is 130 Å². The third-order valence-electron chi connectivity index (χ3n) is 4.45. The van der Waals surface area contributed by atoms with Gasteiger partial charge in [0.25, 0.3) is 0 Å². The second-order valence-electron chi connectivity index (χ2n) is 6.38. The summed E-state index contributed by atoms with van der Waals surface area (Å²) in [5.41, 5.74) is 1.06. The van der Waals surface area contributed by atoms with Gasteiger partial charge in [-0.1, -0.05) is 0 Å². The van der Waals surface area contributed by atoms with Crippen LogP contribution in [-0.2, 0) is 22.7 Å². The highest BCUT2D eigenvalue weighted by molar-refractivity contribution is 5.89. The summed E-state index contributed by atoms with van der Waals surface area (Å²) in [6, 6.07) is 0. The lowest BCUT2D eigenvalue weighted by Gasteiger charge is -2.30. The van der Waals surface area contributed by atoms with Gasteiger partial charge in [0.2, 0.25) is 11.8 Å². The molecule has 1 atom stereocenters. The summed E-state index contributed by atoms with van der Waals surface area (Å²) in [6.07, 6.45) is 3.96. The van der Waals surface area contributed by atoms with Gasteiger partial charge in [0, 0.05) is 45.3 Å². The van der Waals surface area contributed by atoms with Crippen LogP contribution in [0.25, 0.3) is 0 Å². The largest absolute Gasteiger partial charge is 0.341 e. The van der Waals surface area contributed by atoms with Crippen molar-refractivity contribution in [1.82, 2.24) is 24.3 Å². The van der Waals surface area contributed by atoms with E-state index in [1.165, 1.54) is 0 Å². The van der Waals surface area contributed by atoms with Gasteiger partial charge in [0.1, 0.15) is 0 Å². The van der Waals surface area contributed by atoms with Gasteiger partial charge in [-0.3, -0.25) is 9.59 Å². The summed E-state index contributed by atoms with van der Waals surface area (Å²) >= 11 is 0. The molecule has 1 aromatic heterocycles. The summed E-state index contributed by atoms with van der Waals surface area (Å²) in [5.74, 6) is 0.0135. The molecule has 0 aliphatic carbocycles. The fourth-order valence-electron chi connectivity index (χ4n) is 3.10. The lowest BCUT2D eigenvalue weighted by Crippen LogP contribution is -2.42. The number of imidazole rings is 1. The molecule has 0 N–H and O–H groups in total. The molecule has 0 aromatic carbocycles.